The number of amides is 1. The fraction of sp³-hybridized carbons (Fsp3) is 0.118. The van der Waals surface area contributed by atoms with Crippen LogP contribution in [0.15, 0.2) is 48.5 Å². The van der Waals surface area contributed by atoms with Crippen LogP contribution < -0.4 is 10.1 Å². The van der Waals surface area contributed by atoms with Gasteiger partial charge in [-0.3, -0.25) is 10.1 Å². The predicted molar refractivity (Wildman–Crippen MR) is 95.7 cm³/mol. The fourth-order valence-electron chi connectivity index (χ4n) is 1.99. The highest BCUT2D eigenvalue weighted by molar-refractivity contribution is 7.18. The number of benzene rings is 2. The SMILES string of the molecule is Cc1cccc(OCC(=O)Nc2nnc(-c3ccc(Cl)cc3)s2)c1. The van der Waals surface area contributed by atoms with Crippen LogP contribution in [0.3, 0.4) is 0 Å². The number of carbonyl (C=O) groups excluding carboxylic acids is 1. The lowest BCUT2D eigenvalue weighted by Gasteiger charge is -2.06. The van der Waals surface area contributed by atoms with Crippen LogP contribution >= 0.6 is 22.9 Å². The number of rotatable bonds is 5. The number of aryl methyl sites for hydroxylation is 1. The zero-order chi connectivity index (χ0) is 16.9. The van der Waals surface area contributed by atoms with E-state index in [0.717, 1.165) is 11.1 Å². The highest BCUT2D eigenvalue weighted by atomic mass is 35.5. The number of ether oxygens (including phenoxy) is 1. The number of nitrogens with one attached hydrogen (secondary N) is 1. The summed E-state index contributed by atoms with van der Waals surface area (Å²) in [6.45, 7) is 1.88. The molecule has 0 aliphatic heterocycles. The molecule has 3 rings (SSSR count). The van der Waals surface area contributed by atoms with Crippen LogP contribution in [0.2, 0.25) is 5.02 Å². The summed E-state index contributed by atoms with van der Waals surface area (Å²) in [5.74, 6) is 0.375. The lowest BCUT2D eigenvalue weighted by molar-refractivity contribution is -0.118. The van der Waals surface area contributed by atoms with Crippen LogP contribution in [0.4, 0.5) is 5.13 Å². The number of anilines is 1. The predicted octanol–water partition coefficient (Wildman–Crippen LogP) is 4.18. The maximum Gasteiger partial charge on any atom is 0.264 e. The first-order valence-corrected chi connectivity index (χ1v) is 8.38. The molecule has 0 aliphatic carbocycles. The minimum atomic E-state index is -0.282. The smallest absolute Gasteiger partial charge is 0.264 e. The van der Waals surface area contributed by atoms with Gasteiger partial charge in [0.1, 0.15) is 10.8 Å². The standard InChI is InChI=1S/C17H14ClN3O2S/c1-11-3-2-4-14(9-11)23-10-15(22)19-17-21-20-16(24-17)12-5-7-13(18)8-6-12/h2-9H,10H2,1H3,(H,19,21,22). The van der Waals surface area contributed by atoms with Crippen LogP contribution in [0, 0.1) is 6.92 Å². The molecule has 0 unspecified atom stereocenters. The van der Waals surface area contributed by atoms with E-state index < -0.39 is 0 Å². The third-order valence-electron chi connectivity index (χ3n) is 3.12. The quantitative estimate of drug-likeness (QED) is 0.742. The van der Waals surface area contributed by atoms with Gasteiger partial charge in [0.15, 0.2) is 6.61 Å². The Morgan fingerprint density at radius 1 is 1.21 bits per heavy atom. The van der Waals surface area contributed by atoms with Crippen LogP contribution in [0.5, 0.6) is 5.75 Å². The van der Waals surface area contributed by atoms with Gasteiger partial charge in [-0.1, -0.05) is 47.2 Å². The Labute approximate surface area is 148 Å². The molecule has 0 saturated carbocycles. The largest absolute Gasteiger partial charge is 0.484 e. The second kappa shape index (κ2) is 7.42. The third kappa shape index (κ3) is 4.31. The van der Waals surface area contributed by atoms with Crippen molar-refractivity contribution in [1.82, 2.24) is 10.2 Å². The molecule has 1 aromatic heterocycles. The first kappa shape index (κ1) is 16.4. The van der Waals surface area contributed by atoms with E-state index in [2.05, 4.69) is 15.5 Å². The molecule has 0 saturated heterocycles. The number of carbonyl (C=O) groups is 1. The van der Waals surface area contributed by atoms with Gasteiger partial charge in [-0.2, -0.15) is 0 Å². The zero-order valence-corrected chi connectivity index (χ0v) is 14.4. The van der Waals surface area contributed by atoms with Gasteiger partial charge in [-0.05, 0) is 36.8 Å². The average molecular weight is 360 g/mol. The fourth-order valence-corrected chi connectivity index (χ4v) is 2.88. The van der Waals surface area contributed by atoms with Crippen molar-refractivity contribution in [2.45, 2.75) is 6.92 Å². The topological polar surface area (TPSA) is 64.1 Å². The Balaban J connectivity index is 1.58. The summed E-state index contributed by atoms with van der Waals surface area (Å²) in [5.41, 5.74) is 1.97. The molecule has 5 nitrogen and oxygen atoms in total. The van der Waals surface area contributed by atoms with Crippen LogP contribution in [0.1, 0.15) is 5.56 Å². The van der Waals surface area contributed by atoms with Gasteiger partial charge in [0, 0.05) is 10.6 Å². The van der Waals surface area contributed by atoms with Crippen molar-refractivity contribution in [2.75, 3.05) is 11.9 Å². The van der Waals surface area contributed by atoms with Gasteiger partial charge in [0.05, 0.1) is 0 Å². The highest BCUT2D eigenvalue weighted by Crippen LogP contribution is 2.27. The first-order valence-electron chi connectivity index (χ1n) is 7.19. The Kier molecular flexibility index (Phi) is 5.08. The molecule has 1 heterocycles. The molecular weight excluding hydrogens is 346 g/mol. The molecule has 1 N–H and O–H groups in total. The van der Waals surface area contributed by atoms with Gasteiger partial charge in [0.2, 0.25) is 5.13 Å². The van der Waals surface area contributed by atoms with Crippen molar-refractivity contribution in [3.63, 3.8) is 0 Å². The van der Waals surface area contributed by atoms with Crippen LogP contribution in [0.25, 0.3) is 10.6 Å². The highest BCUT2D eigenvalue weighted by Gasteiger charge is 2.10. The van der Waals surface area contributed by atoms with Crippen molar-refractivity contribution in [3.8, 4) is 16.3 Å². The van der Waals surface area contributed by atoms with E-state index in [-0.39, 0.29) is 12.5 Å². The third-order valence-corrected chi connectivity index (χ3v) is 4.26. The Morgan fingerprint density at radius 3 is 2.75 bits per heavy atom. The molecular formula is C17H14ClN3O2S. The maximum atomic E-state index is 11.9. The van der Waals surface area contributed by atoms with Gasteiger partial charge in [-0.15, -0.1) is 10.2 Å². The van der Waals surface area contributed by atoms with Crippen LogP contribution in [-0.2, 0) is 4.79 Å². The summed E-state index contributed by atoms with van der Waals surface area (Å²) >= 11 is 7.16. The second-order valence-electron chi connectivity index (χ2n) is 5.07. The zero-order valence-electron chi connectivity index (χ0n) is 12.8. The summed E-state index contributed by atoms with van der Waals surface area (Å²) in [4.78, 5) is 11.9. The summed E-state index contributed by atoms with van der Waals surface area (Å²) in [6.07, 6.45) is 0. The molecule has 0 bridgehead atoms. The lowest BCUT2D eigenvalue weighted by atomic mass is 10.2. The minimum Gasteiger partial charge on any atom is -0.484 e. The van der Waals surface area contributed by atoms with Crippen molar-refractivity contribution in [3.05, 3.63) is 59.1 Å². The van der Waals surface area contributed by atoms with Crippen molar-refractivity contribution >= 4 is 34.0 Å². The van der Waals surface area contributed by atoms with Crippen molar-refractivity contribution < 1.29 is 9.53 Å². The van der Waals surface area contributed by atoms with E-state index in [1.54, 1.807) is 12.1 Å². The minimum absolute atomic E-state index is 0.0840. The van der Waals surface area contributed by atoms with Gasteiger partial charge < -0.3 is 4.74 Å². The van der Waals surface area contributed by atoms with Crippen LogP contribution in [-0.4, -0.2) is 22.7 Å². The molecule has 0 atom stereocenters. The molecule has 0 spiro atoms. The van der Waals surface area contributed by atoms with E-state index in [0.29, 0.717) is 20.9 Å². The summed E-state index contributed by atoms with van der Waals surface area (Å²) < 4.78 is 5.46. The Bertz CT molecular complexity index is 849. The Hall–Kier alpha value is -2.44. The molecule has 0 aliphatic rings. The van der Waals surface area contributed by atoms with Gasteiger partial charge >= 0.3 is 0 Å². The first-order chi connectivity index (χ1) is 11.6. The van der Waals surface area contributed by atoms with E-state index in [9.17, 15) is 4.79 Å². The molecule has 24 heavy (non-hydrogen) atoms. The second-order valence-corrected chi connectivity index (χ2v) is 6.49. The van der Waals surface area contributed by atoms with E-state index in [1.165, 1.54) is 11.3 Å². The number of aromatic nitrogens is 2. The molecule has 122 valence electrons. The molecule has 7 heteroatoms. The molecule has 0 radical (unpaired) electrons. The maximum absolute atomic E-state index is 11.9. The molecule has 0 fully saturated rings. The van der Waals surface area contributed by atoms with Crippen molar-refractivity contribution in [2.24, 2.45) is 0 Å². The number of nitrogens with zero attached hydrogens (tertiary/aromatic N) is 2. The average Bonchev–Trinajstić information content (AvgIpc) is 3.02. The molecule has 1 amide bonds. The number of hydrogen-bond donors (Lipinski definition) is 1. The van der Waals surface area contributed by atoms with Gasteiger partial charge in [-0.25, -0.2) is 0 Å². The lowest BCUT2D eigenvalue weighted by Crippen LogP contribution is -2.20. The van der Waals surface area contributed by atoms with Crippen molar-refractivity contribution in [1.29, 1.82) is 0 Å². The van der Waals surface area contributed by atoms with E-state index in [4.69, 9.17) is 16.3 Å². The van der Waals surface area contributed by atoms with E-state index in [1.807, 2.05) is 43.3 Å². The normalized spacial score (nSPS) is 10.4. The summed E-state index contributed by atoms with van der Waals surface area (Å²) in [5, 5.41) is 12.5. The van der Waals surface area contributed by atoms with E-state index >= 15 is 0 Å². The Morgan fingerprint density at radius 2 is 2.00 bits per heavy atom. The number of hydrogen-bond acceptors (Lipinski definition) is 5. The molecule has 3 aromatic rings. The number of halogens is 1. The van der Waals surface area contributed by atoms with Gasteiger partial charge in [0.25, 0.3) is 5.91 Å². The molecule has 2 aromatic carbocycles. The summed E-state index contributed by atoms with van der Waals surface area (Å²) in [7, 11) is 0. The monoisotopic (exact) mass is 359 g/mol. The summed E-state index contributed by atoms with van der Waals surface area (Å²) in [6, 6.07) is 14.8.